The van der Waals surface area contributed by atoms with Gasteiger partial charge in [0.2, 0.25) is 11.8 Å². The van der Waals surface area contributed by atoms with Crippen molar-refractivity contribution in [1.82, 2.24) is 15.5 Å². The van der Waals surface area contributed by atoms with Crippen LogP contribution in [-0.4, -0.2) is 35.2 Å². The third kappa shape index (κ3) is 4.26. The number of aryl methyl sites for hydroxylation is 2. The number of anilines is 1. The summed E-state index contributed by atoms with van der Waals surface area (Å²) in [7, 11) is 0. The Morgan fingerprint density at radius 1 is 1.46 bits per heavy atom. The number of nitrogens with zero attached hydrogens (tertiary/aromatic N) is 3. The van der Waals surface area contributed by atoms with E-state index in [1.54, 1.807) is 6.92 Å². The number of amides is 1. The third-order valence-electron chi connectivity index (χ3n) is 4.12. The fourth-order valence-electron chi connectivity index (χ4n) is 2.98. The molecule has 128 valence electrons. The molecule has 0 saturated carbocycles. The molecule has 1 aromatic heterocycles. The molecular formula is C17H21ClN4O2. The van der Waals surface area contributed by atoms with Gasteiger partial charge >= 0.3 is 0 Å². The molecular weight excluding hydrogens is 328 g/mol. The van der Waals surface area contributed by atoms with Crippen LogP contribution in [0.4, 0.5) is 5.69 Å². The molecule has 1 aromatic carbocycles. The molecule has 24 heavy (non-hydrogen) atoms. The first-order chi connectivity index (χ1) is 11.6. The zero-order valence-corrected chi connectivity index (χ0v) is 14.4. The van der Waals surface area contributed by atoms with Gasteiger partial charge in [-0.1, -0.05) is 28.9 Å². The average Bonchev–Trinajstić information content (AvgIpc) is 2.99. The smallest absolute Gasteiger partial charge is 0.227 e. The highest BCUT2D eigenvalue weighted by Gasteiger charge is 2.22. The number of hydrogen-bond donors (Lipinski definition) is 1. The normalized spacial score (nSPS) is 17.8. The van der Waals surface area contributed by atoms with E-state index in [9.17, 15) is 4.79 Å². The van der Waals surface area contributed by atoms with Gasteiger partial charge in [-0.15, -0.1) is 0 Å². The molecule has 1 amide bonds. The van der Waals surface area contributed by atoms with E-state index < -0.39 is 0 Å². The minimum absolute atomic E-state index is 0.0110. The lowest BCUT2D eigenvalue weighted by molar-refractivity contribution is -0.121. The molecule has 6 nitrogen and oxygen atoms in total. The standard InChI is InChI=1S/C17H21ClN4O2/c1-12-19-17(24-21-12)9-8-16(23)20-13-5-4-10-22(11-13)15-7-3-2-6-14(15)18/h2-3,6-7,13H,4-5,8-11H2,1H3,(H,20,23). The fraction of sp³-hybridized carbons (Fsp3) is 0.471. The number of aromatic nitrogens is 2. The van der Waals surface area contributed by atoms with Crippen molar-refractivity contribution in [2.45, 2.75) is 38.6 Å². The maximum atomic E-state index is 12.2. The van der Waals surface area contributed by atoms with Gasteiger partial charge in [-0.2, -0.15) is 4.98 Å². The molecule has 0 aliphatic carbocycles. The molecule has 1 unspecified atom stereocenters. The predicted molar refractivity (Wildman–Crippen MR) is 92.2 cm³/mol. The molecule has 0 spiro atoms. The summed E-state index contributed by atoms with van der Waals surface area (Å²) in [5, 5.41) is 7.57. The Balaban J connectivity index is 1.51. The van der Waals surface area contributed by atoms with E-state index in [1.165, 1.54) is 0 Å². The zero-order valence-electron chi connectivity index (χ0n) is 13.7. The Hall–Kier alpha value is -2.08. The number of rotatable bonds is 5. The number of carbonyl (C=O) groups is 1. The molecule has 1 aliphatic rings. The first-order valence-electron chi connectivity index (χ1n) is 8.20. The number of para-hydroxylation sites is 1. The van der Waals surface area contributed by atoms with Crippen LogP contribution in [0.15, 0.2) is 28.8 Å². The Morgan fingerprint density at radius 3 is 3.04 bits per heavy atom. The summed E-state index contributed by atoms with van der Waals surface area (Å²) in [6.07, 6.45) is 2.82. The van der Waals surface area contributed by atoms with E-state index in [-0.39, 0.29) is 11.9 Å². The van der Waals surface area contributed by atoms with Gasteiger partial charge in [0.1, 0.15) is 0 Å². The summed E-state index contributed by atoms with van der Waals surface area (Å²) in [6, 6.07) is 7.95. The first-order valence-corrected chi connectivity index (χ1v) is 8.57. The van der Waals surface area contributed by atoms with E-state index in [0.717, 1.165) is 36.6 Å². The zero-order chi connectivity index (χ0) is 16.9. The molecule has 1 saturated heterocycles. The first kappa shape index (κ1) is 16.8. The number of nitrogens with one attached hydrogen (secondary N) is 1. The van der Waals surface area contributed by atoms with Gasteiger partial charge in [-0.25, -0.2) is 0 Å². The van der Waals surface area contributed by atoms with Crippen molar-refractivity contribution < 1.29 is 9.32 Å². The topological polar surface area (TPSA) is 71.3 Å². The number of carbonyl (C=O) groups excluding carboxylic acids is 1. The van der Waals surface area contributed by atoms with Gasteiger partial charge in [0, 0.05) is 32.0 Å². The van der Waals surface area contributed by atoms with Crippen molar-refractivity contribution in [3.63, 3.8) is 0 Å². The second-order valence-corrected chi connectivity index (χ2v) is 6.45. The van der Waals surface area contributed by atoms with Crippen molar-refractivity contribution in [3.05, 3.63) is 41.0 Å². The molecule has 1 N–H and O–H groups in total. The van der Waals surface area contributed by atoms with Crippen LogP contribution in [0.1, 0.15) is 31.0 Å². The van der Waals surface area contributed by atoms with E-state index in [1.807, 2.05) is 24.3 Å². The number of piperidine rings is 1. The molecule has 0 radical (unpaired) electrons. The lowest BCUT2D eigenvalue weighted by Crippen LogP contribution is -2.48. The maximum absolute atomic E-state index is 12.2. The van der Waals surface area contributed by atoms with Gasteiger partial charge in [0.15, 0.2) is 5.82 Å². The molecule has 7 heteroatoms. The van der Waals surface area contributed by atoms with Gasteiger partial charge in [-0.05, 0) is 31.9 Å². The van der Waals surface area contributed by atoms with Gasteiger partial charge in [0.25, 0.3) is 0 Å². The Bertz CT molecular complexity index is 703. The maximum Gasteiger partial charge on any atom is 0.227 e. The number of benzene rings is 1. The quantitative estimate of drug-likeness (QED) is 0.899. The molecule has 1 atom stereocenters. The lowest BCUT2D eigenvalue weighted by Gasteiger charge is -2.35. The van der Waals surface area contributed by atoms with Crippen LogP contribution in [0.5, 0.6) is 0 Å². The van der Waals surface area contributed by atoms with Crippen molar-refractivity contribution in [1.29, 1.82) is 0 Å². The van der Waals surface area contributed by atoms with E-state index >= 15 is 0 Å². The summed E-state index contributed by atoms with van der Waals surface area (Å²) in [5.41, 5.74) is 1.03. The Kier molecular flexibility index (Phi) is 5.35. The van der Waals surface area contributed by atoms with Gasteiger partial charge in [0.05, 0.1) is 10.7 Å². The summed E-state index contributed by atoms with van der Waals surface area (Å²) >= 11 is 6.28. The number of halogens is 1. The van der Waals surface area contributed by atoms with E-state index in [0.29, 0.717) is 24.6 Å². The molecule has 2 heterocycles. The van der Waals surface area contributed by atoms with Crippen molar-refractivity contribution in [3.8, 4) is 0 Å². The van der Waals surface area contributed by atoms with Crippen LogP contribution in [0.2, 0.25) is 5.02 Å². The van der Waals surface area contributed by atoms with E-state index in [4.69, 9.17) is 16.1 Å². The predicted octanol–water partition coefficient (Wildman–Crippen LogP) is 2.75. The van der Waals surface area contributed by atoms with Crippen LogP contribution in [0.25, 0.3) is 0 Å². The largest absolute Gasteiger partial charge is 0.368 e. The molecule has 1 fully saturated rings. The highest BCUT2D eigenvalue weighted by Crippen LogP contribution is 2.27. The third-order valence-corrected chi connectivity index (χ3v) is 4.43. The van der Waals surface area contributed by atoms with Crippen LogP contribution < -0.4 is 10.2 Å². The summed E-state index contributed by atoms with van der Waals surface area (Å²) in [4.78, 5) is 18.5. The average molecular weight is 349 g/mol. The van der Waals surface area contributed by atoms with Gasteiger partial charge < -0.3 is 14.7 Å². The van der Waals surface area contributed by atoms with Crippen LogP contribution in [0.3, 0.4) is 0 Å². The minimum Gasteiger partial charge on any atom is -0.368 e. The molecule has 2 aromatic rings. The summed E-state index contributed by atoms with van der Waals surface area (Å²) in [5.74, 6) is 1.11. The SMILES string of the molecule is Cc1noc(CCC(=O)NC2CCCN(c3ccccc3Cl)C2)n1. The lowest BCUT2D eigenvalue weighted by atomic mass is 10.0. The van der Waals surface area contributed by atoms with Gasteiger partial charge in [-0.3, -0.25) is 4.79 Å². The second-order valence-electron chi connectivity index (χ2n) is 6.04. The molecule has 1 aliphatic heterocycles. The van der Waals surface area contributed by atoms with Crippen LogP contribution in [0, 0.1) is 6.92 Å². The second kappa shape index (κ2) is 7.66. The Morgan fingerprint density at radius 2 is 2.29 bits per heavy atom. The van der Waals surface area contributed by atoms with Crippen LogP contribution >= 0.6 is 11.6 Å². The summed E-state index contributed by atoms with van der Waals surface area (Å²) in [6.45, 7) is 3.49. The van der Waals surface area contributed by atoms with Crippen molar-refractivity contribution in [2.24, 2.45) is 0 Å². The monoisotopic (exact) mass is 348 g/mol. The highest BCUT2D eigenvalue weighted by molar-refractivity contribution is 6.33. The van der Waals surface area contributed by atoms with E-state index in [2.05, 4.69) is 20.4 Å². The molecule has 3 rings (SSSR count). The minimum atomic E-state index is 0.0110. The van der Waals surface area contributed by atoms with Crippen LogP contribution in [-0.2, 0) is 11.2 Å². The Labute approximate surface area is 146 Å². The fourth-order valence-corrected chi connectivity index (χ4v) is 3.24. The molecule has 0 bridgehead atoms. The van der Waals surface area contributed by atoms with Crippen molar-refractivity contribution in [2.75, 3.05) is 18.0 Å². The highest BCUT2D eigenvalue weighted by atomic mass is 35.5. The van der Waals surface area contributed by atoms with Crippen molar-refractivity contribution >= 4 is 23.2 Å². The number of hydrogen-bond acceptors (Lipinski definition) is 5. The summed E-state index contributed by atoms with van der Waals surface area (Å²) < 4.78 is 5.03.